The molecular weight excluding hydrogens is 368 g/mol. The first-order chi connectivity index (χ1) is 12.8. The number of amides is 2. The van der Waals surface area contributed by atoms with Gasteiger partial charge >= 0.3 is 0 Å². The van der Waals surface area contributed by atoms with Crippen molar-refractivity contribution in [2.24, 2.45) is 5.92 Å². The highest BCUT2D eigenvalue weighted by Crippen LogP contribution is 2.25. The average Bonchev–Trinajstić information content (AvgIpc) is 3.16. The van der Waals surface area contributed by atoms with Crippen molar-refractivity contribution in [2.45, 2.75) is 72.1 Å². The molecule has 1 aromatic heterocycles. The van der Waals surface area contributed by atoms with Gasteiger partial charge in [-0.15, -0.1) is 0 Å². The molecule has 1 fully saturated rings. The largest absolute Gasteiger partial charge is 0.378 e. The fraction of sp³-hybridized carbons (Fsp3) is 0.737. The maximum absolute atomic E-state index is 12.9. The van der Waals surface area contributed by atoms with Crippen molar-refractivity contribution in [1.82, 2.24) is 20.4 Å². The normalized spacial score (nSPS) is 20.9. The standard InChI is InChI=1S/C19H31ClN4O3/c1-6-14-13(21-19(26)17-12(5)22-23-18(17)20)8-9-24(14)16(25)10-15(11(3)4)27-7-2/h11,13-15H,6-10H2,1-5H3,(H,21,26)(H,22,23)/t13-,14+,15?/m1/s1. The van der Waals surface area contributed by atoms with Crippen LogP contribution in [0.15, 0.2) is 0 Å². The molecule has 2 rings (SSSR count). The van der Waals surface area contributed by atoms with Crippen LogP contribution in [0.2, 0.25) is 5.15 Å². The lowest BCUT2D eigenvalue weighted by molar-refractivity contribution is -0.136. The number of hydrogen-bond donors (Lipinski definition) is 2. The molecule has 0 bridgehead atoms. The van der Waals surface area contributed by atoms with Gasteiger partial charge in [0, 0.05) is 18.8 Å². The van der Waals surface area contributed by atoms with Gasteiger partial charge in [0.1, 0.15) is 0 Å². The SMILES string of the molecule is CCOC(CC(=O)N1CC[C@@H](NC(=O)c2c(Cl)n[nH]c2C)[C@@H]1CC)C(C)C. The van der Waals surface area contributed by atoms with Gasteiger partial charge in [0.05, 0.1) is 30.2 Å². The van der Waals surface area contributed by atoms with Crippen LogP contribution in [0, 0.1) is 12.8 Å². The maximum atomic E-state index is 12.9. The summed E-state index contributed by atoms with van der Waals surface area (Å²) in [4.78, 5) is 27.4. The molecule has 152 valence electrons. The smallest absolute Gasteiger partial charge is 0.256 e. The van der Waals surface area contributed by atoms with Gasteiger partial charge in [-0.25, -0.2) is 0 Å². The lowest BCUT2D eigenvalue weighted by atomic mass is 10.0. The summed E-state index contributed by atoms with van der Waals surface area (Å²) < 4.78 is 5.73. The molecule has 7 nitrogen and oxygen atoms in total. The third-order valence-corrected chi connectivity index (χ3v) is 5.50. The highest BCUT2D eigenvalue weighted by atomic mass is 35.5. The number of carbonyl (C=O) groups is 2. The summed E-state index contributed by atoms with van der Waals surface area (Å²) in [6, 6.07) is -0.122. The van der Waals surface area contributed by atoms with Crippen LogP contribution in [-0.2, 0) is 9.53 Å². The summed E-state index contributed by atoms with van der Waals surface area (Å²) >= 11 is 6.01. The number of rotatable bonds is 8. The van der Waals surface area contributed by atoms with Crippen LogP contribution in [-0.4, -0.2) is 58.3 Å². The van der Waals surface area contributed by atoms with Crippen molar-refractivity contribution in [2.75, 3.05) is 13.2 Å². The van der Waals surface area contributed by atoms with E-state index >= 15 is 0 Å². The second-order valence-electron chi connectivity index (χ2n) is 7.39. The van der Waals surface area contributed by atoms with Crippen molar-refractivity contribution in [3.8, 4) is 0 Å². The molecule has 0 spiro atoms. The number of ether oxygens (including phenoxy) is 1. The van der Waals surface area contributed by atoms with E-state index in [1.54, 1.807) is 6.92 Å². The lowest BCUT2D eigenvalue weighted by Crippen LogP contribution is -2.47. The Bertz CT molecular complexity index is 642. The third-order valence-electron chi connectivity index (χ3n) is 5.23. The van der Waals surface area contributed by atoms with Crippen LogP contribution in [0.1, 0.15) is 63.0 Å². The number of aromatic nitrogens is 2. The minimum absolute atomic E-state index is 0.0260. The van der Waals surface area contributed by atoms with E-state index in [1.165, 1.54) is 0 Å². The Labute approximate surface area is 166 Å². The van der Waals surface area contributed by atoms with E-state index < -0.39 is 0 Å². The molecule has 8 heteroatoms. The summed E-state index contributed by atoms with van der Waals surface area (Å²) in [6.45, 7) is 11.1. The van der Waals surface area contributed by atoms with E-state index in [0.717, 1.165) is 12.8 Å². The predicted octanol–water partition coefficient (Wildman–Crippen LogP) is 2.93. The minimum atomic E-state index is -0.252. The molecule has 2 N–H and O–H groups in total. The van der Waals surface area contributed by atoms with Gasteiger partial charge in [-0.3, -0.25) is 14.7 Å². The zero-order valence-corrected chi connectivity index (χ0v) is 17.6. The van der Waals surface area contributed by atoms with Crippen LogP contribution in [0.3, 0.4) is 0 Å². The van der Waals surface area contributed by atoms with Crippen molar-refractivity contribution >= 4 is 23.4 Å². The Morgan fingerprint density at radius 1 is 1.41 bits per heavy atom. The van der Waals surface area contributed by atoms with Crippen LogP contribution >= 0.6 is 11.6 Å². The molecule has 27 heavy (non-hydrogen) atoms. The molecule has 3 atom stereocenters. The van der Waals surface area contributed by atoms with Gasteiger partial charge in [0.25, 0.3) is 5.91 Å². The molecule has 0 aromatic carbocycles. The minimum Gasteiger partial charge on any atom is -0.378 e. The molecule has 1 aromatic rings. The molecule has 0 aliphatic carbocycles. The number of nitrogens with one attached hydrogen (secondary N) is 2. The van der Waals surface area contributed by atoms with E-state index in [0.29, 0.717) is 30.8 Å². The fourth-order valence-corrected chi connectivity index (χ4v) is 4.00. The molecule has 1 aliphatic heterocycles. The summed E-state index contributed by atoms with van der Waals surface area (Å²) in [5.74, 6) is 0.111. The molecule has 1 unspecified atom stereocenters. The van der Waals surface area contributed by atoms with Crippen LogP contribution in [0.4, 0.5) is 0 Å². The number of hydrogen-bond acceptors (Lipinski definition) is 4. The predicted molar refractivity (Wildman–Crippen MR) is 105 cm³/mol. The number of halogens is 1. The first-order valence-electron chi connectivity index (χ1n) is 9.72. The number of carbonyl (C=O) groups excluding carboxylic acids is 2. The van der Waals surface area contributed by atoms with Gasteiger partial charge in [0.2, 0.25) is 5.91 Å². The Morgan fingerprint density at radius 2 is 2.11 bits per heavy atom. The number of aromatic amines is 1. The van der Waals surface area contributed by atoms with E-state index in [4.69, 9.17) is 16.3 Å². The quantitative estimate of drug-likeness (QED) is 0.704. The molecular formula is C19H31ClN4O3. The van der Waals surface area contributed by atoms with Crippen molar-refractivity contribution < 1.29 is 14.3 Å². The zero-order chi connectivity index (χ0) is 20.1. The molecule has 2 amide bonds. The molecule has 2 heterocycles. The van der Waals surface area contributed by atoms with Gasteiger partial charge < -0.3 is 15.0 Å². The number of likely N-dealkylation sites (tertiary alicyclic amines) is 1. The van der Waals surface area contributed by atoms with Crippen molar-refractivity contribution in [3.05, 3.63) is 16.4 Å². The van der Waals surface area contributed by atoms with Crippen LogP contribution < -0.4 is 5.32 Å². The second kappa shape index (κ2) is 9.55. The average molecular weight is 399 g/mol. The second-order valence-corrected chi connectivity index (χ2v) is 7.75. The highest BCUT2D eigenvalue weighted by Gasteiger charge is 2.38. The summed E-state index contributed by atoms with van der Waals surface area (Å²) in [5.41, 5.74) is 1.00. The van der Waals surface area contributed by atoms with Gasteiger partial charge in [0.15, 0.2) is 5.15 Å². The van der Waals surface area contributed by atoms with E-state index in [1.807, 2.05) is 18.7 Å². The Morgan fingerprint density at radius 3 is 2.63 bits per heavy atom. The number of nitrogens with zero attached hydrogens (tertiary/aromatic N) is 2. The monoisotopic (exact) mass is 398 g/mol. The molecule has 0 radical (unpaired) electrons. The fourth-order valence-electron chi connectivity index (χ4n) is 3.73. The first-order valence-corrected chi connectivity index (χ1v) is 10.1. The zero-order valence-electron chi connectivity index (χ0n) is 16.8. The van der Waals surface area contributed by atoms with Gasteiger partial charge in [-0.05, 0) is 32.6 Å². The van der Waals surface area contributed by atoms with Crippen molar-refractivity contribution in [3.63, 3.8) is 0 Å². The Kier molecular flexibility index (Phi) is 7.68. The van der Waals surface area contributed by atoms with Gasteiger partial charge in [-0.1, -0.05) is 32.4 Å². The van der Waals surface area contributed by atoms with E-state index in [2.05, 4.69) is 29.4 Å². The topological polar surface area (TPSA) is 87.3 Å². The summed E-state index contributed by atoms with van der Waals surface area (Å²) in [6.07, 6.45) is 1.79. The first kappa shape index (κ1) is 21.7. The third kappa shape index (κ3) is 5.02. The molecule has 1 saturated heterocycles. The highest BCUT2D eigenvalue weighted by molar-refractivity contribution is 6.32. The summed E-state index contributed by atoms with van der Waals surface area (Å²) in [7, 11) is 0. The van der Waals surface area contributed by atoms with Crippen LogP contribution in [0.5, 0.6) is 0 Å². The number of H-pyrrole nitrogens is 1. The van der Waals surface area contributed by atoms with E-state index in [9.17, 15) is 9.59 Å². The molecule has 0 saturated carbocycles. The van der Waals surface area contributed by atoms with Gasteiger partial charge in [-0.2, -0.15) is 5.10 Å². The summed E-state index contributed by atoms with van der Waals surface area (Å²) in [5, 5.41) is 9.79. The number of aryl methyl sites for hydroxylation is 1. The lowest BCUT2D eigenvalue weighted by Gasteiger charge is -2.30. The van der Waals surface area contributed by atoms with Crippen LogP contribution in [0.25, 0.3) is 0 Å². The van der Waals surface area contributed by atoms with E-state index in [-0.39, 0.29) is 41.1 Å². The molecule has 1 aliphatic rings. The Balaban J connectivity index is 2.04. The van der Waals surface area contributed by atoms with Crippen molar-refractivity contribution in [1.29, 1.82) is 0 Å². The Hall–Kier alpha value is -1.60. The maximum Gasteiger partial charge on any atom is 0.256 e.